The lowest BCUT2D eigenvalue weighted by Crippen LogP contribution is -1.85. The molecule has 0 amide bonds. The molecule has 0 bridgehead atoms. The molecule has 1 heterocycles. The monoisotopic (exact) mass is 223 g/mol. The first-order chi connectivity index (χ1) is 7.22. The molecule has 0 N–H and O–H groups in total. The number of rotatable bonds is 4. The van der Waals surface area contributed by atoms with Gasteiger partial charge in [0.2, 0.25) is 0 Å². The lowest BCUT2D eigenvalue weighted by Gasteiger charge is -1.98. The van der Waals surface area contributed by atoms with Crippen molar-refractivity contribution in [2.75, 3.05) is 12.9 Å². The maximum atomic E-state index is 10.7. The molecule has 3 nitrogen and oxygen atoms in total. The summed E-state index contributed by atoms with van der Waals surface area (Å²) in [6, 6.07) is 1.89. The summed E-state index contributed by atoms with van der Waals surface area (Å²) in [5.74, 6) is 1.42. The fourth-order valence-electron chi connectivity index (χ4n) is 0.988. The fraction of sp³-hybridized carbons (Fsp3) is 0.273. The van der Waals surface area contributed by atoms with Crippen molar-refractivity contribution in [2.24, 2.45) is 0 Å². The Morgan fingerprint density at radius 1 is 1.60 bits per heavy atom. The molecule has 4 heteroatoms. The van der Waals surface area contributed by atoms with Gasteiger partial charge in [0.1, 0.15) is 5.75 Å². The number of nitrogens with zero attached hydrogens (tertiary/aromatic N) is 1. The van der Waals surface area contributed by atoms with E-state index in [9.17, 15) is 4.79 Å². The first-order valence-corrected chi connectivity index (χ1v) is 5.50. The van der Waals surface area contributed by atoms with Gasteiger partial charge < -0.3 is 4.74 Å². The number of carbonyl (C=O) groups is 1. The fourth-order valence-corrected chi connectivity index (χ4v) is 1.42. The summed E-state index contributed by atoms with van der Waals surface area (Å²) in [4.78, 5) is 14.7. The summed E-state index contributed by atoms with van der Waals surface area (Å²) in [6.45, 7) is 1.56. The molecule has 0 fully saturated rings. The molecule has 0 saturated carbocycles. The van der Waals surface area contributed by atoms with Gasteiger partial charge in [0.05, 0.1) is 13.3 Å². The number of hydrogen-bond donors (Lipinski definition) is 0. The average Bonchev–Trinajstić information content (AvgIpc) is 2.24. The van der Waals surface area contributed by atoms with Crippen molar-refractivity contribution in [3.8, 4) is 5.75 Å². The van der Waals surface area contributed by atoms with Crippen molar-refractivity contribution in [2.45, 2.75) is 6.92 Å². The zero-order valence-electron chi connectivity index (χ0n) is 8.77. The number of methoxy groups -OCH3 is 1. The number of carbonyl (C=O) groups excluding carboxylic acids is 1. The minimum Gasteiger partial charge on any atom is -0.495 e. The van der Waals surface area contributed by atoms with Crippen LogP contribution in [0.15, 0.2) is 24.5 Å². The van der Waals surface area contributed by atoms with E-state index < -0.39 is 0 Å². The van der Waals surface area contributed by atoms with Crippen LogP contribution in [0.3, 0.4) is 0 Å². The van der Waals surface area contributed by atoms with Gasteiger partial charge in [-0.15, -0.1) is 0 Å². The Labute approximate surface area is 93.5 Å². The highest BCUT2D eigenvalue weighted by molar-refractivity contribution is 8.13. The van der Waals surface area contributed by atoms with E-state index in [1.165, 1.54) is 11.8 Å². The van der Waals surface area contributed by atoms with Gasteiger partial charge in [-0.1, -0.05) is 23.9 Å². The van der Waals surface area contributed by atoms with E-state index in [4.69, 9.17) is 4.74 Å². The molecule has 0 saturated heterocycles. The SMILES string of the molecule is COc1cncc(C=CCSC(C)=O)c1. The van der Waals surface area contributed by atoms with Gasteiger partial charge in [-0.2, -0.15) is 0 Å². The molecule has 0 spiro atoms. The Balaban J connectivity index is 2.52. The predicted octanol–water partition coefficient (Wildman–Crippen LogP) is 2.38. The van der Waals surface area contributed by atoms with E-state index >= 15 is 0 Å². The number of aromatic nitrogens is 1. The number of hydrogen-bond acceptors (Lipinski definition) is 4. The molecule has 0 aromatic carbocycles. The number of ether oxygens (including phenoxy) is 1. The first kappa shape index (κ1) is 11.8. The molecule has 0 aliphatic heterocycles. The lowest BCUT2D eigenvalue weighted by atomic mass is 10.2. The van der Waals surface area contributed by atoms with Crippen LogP contribution in [0.2, 0.25) is 0 Å². The zero-order valence-corrected chi connectivity index (χ0v) is 9.58. The van der Waals surface area contributed by atoms with Crippen molar-refractivity contribution in [3.63, 3.8) is 0 Å². The van der Waals surface area contributed by atoms with Crippen molar-refractivity contribution >= 4 is 23.0 Å². The van der Waals surface area contributed by atoms with E-state index in [-0.39, 0.29) is 5.12 Å². The van der Waals surface area contributed by atoms with Crippen molar-refractivity contribution in [1.29, 1.82) is 0 Å². The second-order valence-electron chi connectivity index (χ2n) is 2.86. The zero-order chi connectivity index (χ0) is 11.1. The Morgan fingerprint density at radius 3 is 3.07 bits per heavy atom. The Kier molecular flexibility index (Phi) is 4.90. The molecular weight excluding hydrogens is 210 g/mol. The van der Waals surface area contributed by atoms with Gasteiger partial charge in [-0.05, 0) is 11.6 Å². The first-order valence-electron chi connectivity index (χ1n) is 4.51. The van der Waals surface area contributed by atoms with Crippen LogP contribution in [0.5, 0.6) is 5.75 Å². The van der Waals surface area contributed by atoms with Gasteiger partial charge in [0, 0.05) is 18.9 Å². The molecule has 0 aliphatic rings. The summed E-state index contributed by atoms with van der Waals surface area (Å²) >= 11 is 1.28. The van der Waals surface area contributed by atoms with E-state index in [0.717, 1.165) is 11.3 Å². The predicted molar refractivity (Wildman–Crippen MR) is 63.0 cm³/mol. The second-order valence-corrected chi connectivity index (χ2v) is 4.06. The van der Waals surface area contributed by atoms with Crippen LogP contribution in [0.1, 0.15) is 12.5 Å². The van der Waals surface area contributed by atoms with Gasteiger partial charge in [0.15, 0.2) is 5.12 Å². The van der Waals surface area contributed by atoms with Gasteiger partial charge >= 0.3 is 0 Å². The van der Waals surface area contributed by atoms with Crippen molar-refractivity contribution in [1.82, 2.24) is 4.98 Å². The van der Waals surface area contributed by atoms with Crippen LogP contribution < -0.4 is 4.74 Å². The summed E-state index contributed by atoms with van der Waals surface area (Å²) < 4.78 is 5.04. The minimum absolute atomic E-state index is 0.128. The van der Waals surface area contributed by atoms with Gasteiger partial charge in [-0.3, -0.25) is 9.78 Å². The van der Waals surface area contributed by atoms with Crippen LogP contribution in [0.4, 0.5) is 0 Å². The molecule has 0 unspecified atom stereocenters. The number of pyridine rings is 1. The average molecular weight is 223 g/mol. The van der Waals surface area contributed by atoms with Crippen molar-refractivity contribution < 1.29 is 9.53 Å². The van der Waals surface area contributed by atoms with E-state index in [0.29, 0.717) is 5.75 Å². The van der Waals surface area contributed by atoms with Crippen LogP contribution in [0, 0.1) is 0 Å². The topological polar surface area (TPSA) is 39.2 Å². The van der Waals surface area contributed by atoms with Crippen LogP contribution in [-0.2, 0) is 4.79 Å². The molecule has 15 heavy (non-hydrogen) atoms. The smallest absolute Gasteiger partial charge is 0.186 e. The molecule has 1 aromatic rings. The van der Waals surface area contributed by atoms with E-state index in [1.807, 2.05) is 18.2 Å². The highest BCUT2D eigenvalue weighted by atomic mass is 32.2. The Bertz CT molecular complexity index is 363. The summed E-state index contributed by atoms with van der Waals surface area (Å²) in [5.41, 5.74) is 0.971. The lowest BCUT2D eigenvalue weighted by molar-refractivity contribution is -0.109. The third-order valence-corrected chi connectivity index (χ3v) is 2.43. The molecule has 1 rings (SSSR count). The molecular formula is C11H13NO2S. The standard InChI is InChI=1S/C11H13NO2S/c1-9(13)15-5-3-4-10-6-11(14-2)8-12-7-10/h3-4,6-8H,5H2,1-2H3. The summed E-state index contributed by atoms with van der Waals surface area (Å²) in [6.07, 6.45) is 7.26. The number of thioether (sulfide) groups is 1. The largest absolute Gasteiger partial charge is 0.495 e. The Morgan fingerprint density at radius 2 is 2.40 bits per heavy atom. The molecule has 1 aromatic heterocycles. The van der Waals surface area contributed by atoms with Crippen LogP contribution >= 0.6 is 11.8 Å². The quantitative estimate of drug-likeness (QED) is 0.785. The Hall–Kier alpha value is -1.29. The van der Waals surface area contributed by atoms with Gasteiger partial charge in [0.25, 0.3) is 0 Å². The van der Waals surface area contributed by atoms with E-state index in [2.05, 4.69) is 4.98 Å². The van der Waals surface area contributed by atoms with Crippen LogP contribution in [-0.4, -0.2) is 23.0 Å². The summed E-state index contributed by atoms with van der Waals surface area (Å²) in [5, 5.41) is 0.128. The molecule has 80 valence electrons. The second kappa shape index (κ2) is 6.24. The summed E-state index contributed by atoms with van der Waals surface area (Å²) in [7, 11) is 1.61. The minimum atomic E-state index is 0.128. The molecule has 0 atom stereocenters. The maximum Gasteiger partial charge on any atom is 0.186 e. The third kappa shape index (κ3) is 4.65. The van der Waals surface area contributed by atoms with E-state index in [1.54, 1.807) is 26.4 Å². The maximum absolute atomic E-state index is 10.7. The normalized spacial score (nSPS) is 10.5. The third-order valence-electron chi connectivity index (χ3n) is 1.66. The molecule has 0 radical (unpaired) electrons. The highest BCUT2D eigenvalue weighted by Gasteiger charge is 1.93. The highest BCUT2D eigenvalue weighted by Crippen LogP contribution is 2.12. The van der Waals surface area contributed by atoms with Crippen LogP contribution in [0.25, 0.3) is 6.08 Å². The van der Waals surface area contributed by atoms with Gasteiger partial charge in [-0.25, -0.2) is 0 Å². The van der Waals surface area contributed by atoms with Crippen molar-refractivity contribution in [3.05, 3.63) is 30.1 Å². The molecule has 0 aliphatic carbocycles.